The summed E-state index contributed by atoms with van der Waals surface area (Å²) in [6.07, 6.45) is -4.79. The molecule has 1 saturated carbocycles. The highest BCUT2D eigenvalue weighted by molar-refractivity contribution is 6.09. The molecule has 0 saturated heterocycles. The number of esters is 1. The van der Waals surface area contributed by atoms with Crippen molar-refractivity contribution in [2.24, 2.45) is 5.92 Å². The Morgan fingerprint density at radius 3 is 2.48 bits per heavy atom. The Labute approximate surface area is 139 Å². The van der Waals surface area contributed by atoms with Gasteiger partial charge in [0, 0.05) is 6.04 Å². The number of carbonyl (C=O) groups is 2. The van der Waals surface area contributed by atoms with E-state index >= 15 is 0 Å². The summed E-state index contributed by atoms with van der Waals surface area (Å²) in [4.78, 5) is 25.4. The number of halogens is 5. The SMILES string of the molecule is CCOC(=O)C1Cc2cc(F)c(F)c(C(F)(F)F)c2N(C2CC2)C1=O. The van der Waals surface area contributed by atoms with Crippen LogP contribution in [0.5, 0.6) is 0 Å². The smallest absolute Gasteiger partial charge is 0.421 e. The van der Waals surface area contributed by atoms with Crippen molar-refractivity contribution in [3.8, 4) is 0 Å². The van der Waals surface area contributed by atoms with Gasteiger partial charge < -0.3 is 9.64 Å². The van der Waals surface area contributed by atoms with Crippen LogP contribution < -0.4 is 4.90 Å². The molecule has 1 aliphatic carbocycles. The van der Waals surface area contributed by atoms with Crippen LogP contribution in [0.25, 0.3) is 0 Å². The number of benzene rings is 1. The fourth-order valence-corrected chi connectivity index (χ4v) is 3.07. The second kappa shape index (κ2) is 5.96. The first-order chi connectivity index (χ1) is 11.7. The number of hydrogen-bond acceptors (Lipinski definition) is 3. The summed E-state index contributed by atoms with van der Waals surface area (Å²) in [5.41, 5.74) is -2.71. The largest absolute Gasteiger partial charge is 0.465 e. The van der Waals surface area contributed by atoms with Gasteiger partial charge in [0.25, 0.3) is 0 Å². The Balaban J connectivity index is 2.19. The number of anilines is 1. The molecule has 1 amide bonds. The maximum absolute atomic E-state index is 13.9. The molecule has 1 unspecified atom stereocenters. The van der Waals surface area contributed by atoms with Crippen molar-refractivity contribution in [3.05, 3.63) is 28.8 Å². The van der Waals surface area contributed by atoms with E-state index in [9.17, 15) is 31.5 Å². The second-order valence-electron chi connectivity index (χ2n) is 6.00. The lowest BCUT2D eigenvalue weighted by atomic mass is 9.88. The van der Waals surface area contributed by atoms with Gasteiger partial charge in [-0.3, -0.25) is 9.59 Å². The molecule has 25 heavy (non-hydrogen) atoms. The molecule has 3 rings (SSSR count). The molecule has 4 nitrogen and oxygen atoms in total. The lowest BCUT2D eigenvalue weighted by molar-refractivity contribution is -0.151. The molecule has 136 valence electrons. The molecule has 0 spiro atoms. The Morgan fingerprint density at radius 1 is 1.32 bits per heavy atom. The molecule has 0 aromatic heterocycles. The van der Waals surface area contributed by atoms with Gasteiger partial charge >= 0.3 is 12.1 Å². The molecular formula is C16H14F5NO3. The van der Waals surface area contributed by atoms with E-state index in [4.69, 9.17) is 4.74 Å². The third-order valence-corrected chi connectivity index (χ3v) is 4.24. The molecule has 9 heteroatoms. The molecule has 1 fully saturated rings. The van der Waals surface area contributed by atoms with E-state index < -0.39 is 59.3 Å². The van der Waals surface area contributed by atoms with Crippen molar-refractivity contribution in [3.63, 3.8) is 0 Å². The molecule has 1 atom stereocenters. The zero-order chi connectivity index (χ0) is 18.5. The minimum atomic E-state index is -5.18. The monoisotopic (exact) mass is 363 g/mol. The minimum absolute atomic E-state index is 0.00945. The van der Waals surface area contributed by atoms with E-state index in [1.165, 1.54) is 6.92 Å². The van der Waals surface area contributed by atoms with Crippen LogP contribution in [0.3, 0.4) is 0 Å². The van der Waals surface area contributed by atoms with E-state index in [1.807, 2.05) is 0 Å². The van der Waals surface area contributed by atoms with Gasteiger partial charge in [-0.2, -0.15) is 13.2 Å². The topological polar surface area (TPSA) is 46.6 Å². The molecule has 2 aliphatic rings. The zero-order valence-electron chi connectivity index (χ0n) is 13.1. The maximum Gasteiger partial charge on any atom is 0.421 e. The number of ether oxygens (including phenoxy) is 1. The summed E-state index contributed by atoms with van der Waals surface area (Å²) >= 11 is 0. The average Bonchev–Trinajstić information content (AvgIpc) is 3.32. The summed E-state index contributed by atoms with van der Waals surface area (Å²) in [6.45, 7) is 1.51. The van der Waals surface area contributed by atoms with Crippen molar-refractivity contribution >= 4 is 17.6 Å². The van der Waals surface area contributed by atoms with Crippen molar-refractivity contribution in [1.82, 2.24) is 0 Å². The van der Waals surface area contributed by atoms with Crippen LogP contribution in [-0.4, -0.2) is 24.5 Å². The fourth-order valence-electron chi connectivity index (χ4n) is 3.07. The first kappa shape index (κ1) is 17.6. The lowest BCUT2D eigenvalue weighted by Crippen LogP contribution is -2.47. The van der Waals surface area contributed by atoms with E-state index in [1.54, 1.807) is 0 Å². The summed E-state index contributed by atoms with van der Waals surface area (Å²) in [5, 5.41) is 0. The van der Waals surface area contributed by atoms with Gasteiger partial charge in [0.15, 0.2) is 11.6 Å². The van der Waals surface area contributed by atoms with Crippen LogP contribution in [-0.2, 0) is 26.9 Å². The standard InChI is InChI=1S/C16H14F5NO3/c1-2-25-15(24)9-5-7-6-10(17)12(18)11(16(19,20)21)13(7)22(14(9)23)8-3-4-8/h6,8-9H,2-5H2,1H3. The molecule has 0 bridgehead atoms. The number of fused-ring (bicyclic) bond motifs is 1. The molecular weight excluding hydrogens is 349 g/mol. The Hall–Kier alpha value is -2.19. The maximum atomic E-state index is 13.9. The van der Waals surface area contributed by atoms with E-state index in [0.29, 0.717) is 18.9 Å². The predicted octanol–water partition coefficient (Wildman–Crippen LogP) is 3.21. The zero-order valence-corrected chi connectivity index (χ0v) is 13.1. The first-order valence-electron chi connectivity index (χ1n) is 7.74. The van der Waals surface area contributed by atoms with E-state index in [2.05, 4.69) is 0 Å². The van der Waals surface area contributed by atoms with Crippen molar-refractivity contribution < 1.29 is 36.3 Å². The molecule has 1 aromatic rings. The number of hydrogen-bond donors (Lipinski definition) is 0. The highest BCUT2D eigenvalue weighted by Crippen LogP contribution is 2.47. The van der Waals surface area contributed by atoms with Gasteiger partial charge in [-0.05, 0) is 37.8 Å². The summed E-state index contributed by atoms with van der Waals surface area (Å²) < 4.78 is 72.5. The number of nitrogens with zero attached hydrogens (tertiary/aromatic N) is 1. The number of rotatable bonds is 3. The molecule has 1 heterocycles. The summed E-state index contributed by atoms with van der Waals surface area (Å²) in [7, 11) is 0. The highest BCUT2D eigenvalue weighted by Gasteiger charge is 2.50. The quantitative estimate of drug-likeness (QED) is 0.471. The third kappa shape index (κ3) is 2.96. The van der Waals surface area contributed by atoms with Crippen LogP contribution in [0.15, 0.2) is 6.07 Å². The second-order valence-corrected chi connectivity index (χ2v) is 6.00. The Morgan fingerprint density at radius 2 is 1.96 bits per heavy atom. The predicted molar refractivity (Wildman–Crippen MR) is 75.7 cm³/mol. The van der Waals surface area contributed by atoms with E-state index in [-0.39, 0.29) is 12.2 Å². The summed E-state index contributed by atoms with van der Waals surface area (Å²) in [6, 6.07) is 0.0583. The van der Waals surface area contributed by atoms with Crippen molar-refractivity contribution in [2.75, 3.05) is 11.5 Å². The van der Waals surface area contributed by atoms with Gasteiger partial charge in [0.2, 0.25) is 5.91 Å². The van der Waals surface area contributed by atoms with Crippen molar-refractivity contribution in [1.29, 1.82) is 0 Å². The fraction of sp³-hybridized carbons (Fsp3) is 0.500. The van der Waals surface area contributed by atoms with Gasteiger partial charge in [-0.15, -0.1) is 0 Å². The van der Waals surface area contributed by atoms with Crippen LogP contribution in [0.1, 0.15) is 30.9 Å². The molecule has 0 N–H and O–H groups in total. The van der Waals surface area contributed by atoms with Crippen molar-refractivity contribution in [2.45, 2.75) is 38.4 Å². The molecule has 0 radical (unpaired) electrons. The molecule has 1 aliphatic heterocycles. The number of carbonyl (C=O) groups excluding carboxylic acids is 2. The Kier molecular flexibility index (Phi) is 4.20. The first-order valence-corrected chi connectivity index (χ1v) is 7.74. The third-order valence-electron chi connectivity index (χ3n) is 4.24. The normalized spacial score (nSPS) is 20.5. The number of alkyl halides is 3. The Bertz CT molecular complexity index is 742. The van der Waals surface area contributed by atoms with Crippen LogP contribution in [0.2, 0.25) is 0 Å². The van der Waals surface area contributed by atoms with Crippen LogP contribution in [0, 0.1) is 17.6 Å². The summed E-state index contributed by atoms with van der Waals surface area (Å²) in [5.74, 6) is -6.83. The molecule has 1 aromatic carbocycles. The van der Waals surface area contributed by atoms with Crippen LogP contribution >= 0.6 is 0 Å². The van der Waals surface area contributed by atoms with Gasteiger partial charge in [-0.25, -0.2) is 8.78 Å². The lowest BCUT2D eigenvalue weighted by Gasteiger charge is -2.35. The van der Waals surface area contributed by atoms with Gasteiger partial charge in [0.1, 0.15) is 11.5 Å². The van der Waals surface area contributed by atoms with Crippen LogP contribution in [0.4, 0.5) is 27.6 Å². The number of amides is 1. The van der Waals surface area contributed by atoms with E-state index in [0.717, 1.165) is 4.90 Å². The average molecular weight is 363 g/mol. The van der Waals surface area contributed by atoms with Gasteiger partial charge in [0.05, 0.1) is 12.3 Å². The minimum Gasteiger partial charge on any atom is -0.465 e. The highest BCUT2D eigenvalue weighted by atomic mass is 19.4. The van der Waals surface area contributed by atoms with Gasteiger partial charge in [-0.1, -0.05) is 0 Å².